The predicted molar refractivity (Wildman–Crippen MR) is 219 cm³/mol. The maximum absolute atomic E-state index is 2.44. The average Bonchev–Trinajstić information content (AvgIpc) is 3.82. The first-order chi connectivity index (χ1) is 24.7. The molecule has 0 aliphatic heterocycles. The van der Waals surface area contributed by atoms with Gasteiger partial charge in [-0.2, -0.15) is 0 Å². The first-order valence-electron chi connectivity index (χ1n) is 17.1. The van der Waals surface area contributed by atoms with Gasteiger partial charge in [-0.1, -0.05) is 158 Å². The minimum absolute atomic E-state index is 1.25. The van der Waals surface area contributed by atoms with Gasteiger partial charge in [0.15, 0.2) is 0 Å². The number of rotatable bonds is 6. The third-order valence-corrected chi connectivity index (χ3v) is 12.2. The van der Waals surface area contributed by atoms with E-state index in [9.17, 15) is 0 Å². The molecule has 9 rings (SSSR count). The number of hydrogen-bond donors (Lipinski definition) is 0. The molecule has 9 aromatic rings. The van der Waals surface area contributed by atoms with Crippen molar-refractivity contribution in [3.8, 4) is 65.4 Å². The Kier molecular flexibility index (Phi) is 7.77. The van der Waals surface area contributed by atoms with Crippen LogP contribution in [-0.4, -0.2) is 0 Å². The summed E-state index contributed by atoms with van der Waals surface area (Å²) in [5, 5.41) is 2.63. The molecule has 0 saturated carbocycles. The molecule has 0 spiro atoms. The van der Waals surface area contributed by atoms with E-state index in [-0.39, 0.29) is 0 Å². The summed E-state index contributed by atoms with van der Waals surface area (Å²) in [4.78, 5) is 2.57. The second-order valence-corrected chi connectivity index (χ2v) is 15.0. The average molecular weight is 675 g/mol. The molecule has 2 aromatic heterocycles. The summed E-state index contributed by atoms with van der Waals surface area (Å²) in [7, 11) is 0. The first kappa shape index (κ1) is 30.5. The van der Waals surface area contributed by atoms with Crippen molar-refractivity contribution in [2.45, 2.75) is 13.8 Å². The lowest BCUT2D eigenvalue weighted by Gasteiger charge is -2.20. The van der Waals surface area contributed by atoms with E-state index in [1.165, 1.54) is 96.7 Å². The molecule has 0 aliphatic carbocycles. The van der Waals surface area contributed by atoms with Gasteiger partial charge in [0.05, 0.1) is 0 Å². The van der Waals surface area contributed by atoms with Gasteiger partial charge in [-0.15, -0.1) is 22.7 Å². The van der Waals surface area contributed by atoms with Crippen LogP contribution in [-0.2, 0) is 0 Å². The largest absolute Gasteiger partial charge is 0.135 e. The highest BCUT2D eigenvalue weighted by atomic mass is 32.1. The van der Waals surface area contributed by atoms with Crippen LogP contribution in [0.5, 0.6) is 0 Å². The third-order valence-electron chi connectivity index (χ3n) is 9.84. The lowest BCUT2D eigenvalue weighted by Crippen LogP contribution is -1.94. The fraction of sp³-hybridized carbons (Fsp3) is 0.0417. The molecule has 0 amide bonds. The van der Waals surface area contributed by atoms with Crippen molar-refractivity contribution < 1.29 is 0 Å². The maximum Gasteiger partial charge on any atom is 0.0441 e. The van der Waals surface area contributed by atoms with Crippen LogP contribution >= 0.6 is 22.7 Å². The van der Waals surface area contributed by atoms with Crippen molar-refractivity contribution in [1.29, 1.82) is 0 Å². The molecule has 0 radical (unpaired) electrons. The molecule has 0 nitrogen and oxygen atoms in total. The standard InChI is InChI=1S/C48H34S2/c1-31-17-9-11-23-35(31)37-25-13-15-27-39(37)45-46(40-28-16-14-26-38(40)36-24-12-10-18-32(36)2)48-42(30-44(50-48)34-21-7-4-8-22-34)41-29-43(49-47(41)45)33-19-5-3-6-20-33/h3-30H,1-2H3. The topological polar surface area (TPSA) is 0 Å². The Morgan fingerprint density at radius 1 is 0.320 bits per heavy atom. The molecule has 0 unspecified atom stereocenters. The molecule has 0 saturated heterocycles. The van der Waals surface area contributed by atoms with Crippen LogP contribution in [0.25, 0.3) is 85.6 Å². The van der Waals surface area contributed by atoms with Gasteiger partial charge < -0.3 is 0 Å². The van der Waals surface area contributed by atoms with E-state index in [0.29, 0.717) is 0 Å². The van der Waals surface area contributed by atoms with E-state index < -0.39 is 0 Å². The van der Waals surface area contributed by atoms with Gasteiger partial charge in [0.2, 0.25) is 0 Å². The van der Waals surface area contributed by atoms with Crippen LogP contribution in [0.15, 0.2) is 170 Å². The van der Waals surface area contributed by atoms with E-state index in [0.717, 1.165) is 0 Å². The second-order valence-electron chi connectivity index (χ2n) is 12.9. The predicted octanol–water partition coefficient (Wildman–Crippen LogP) is 14.7. The van der Waals surface area contributed by atoms with Crippen molar-refractivity contribution in [2.75, 3.05) is 0 Å². The molecule has 0 atom stereocenters. The van der Waals surface area contributed by atoms with E-state index in [4.69, 9.17) is 0 Å². The van der Waals surface area contributed by atoms with Crippen molar-refractivity contribution in [3.05, 3.63) is 181 Å². The molecule has 50 heavy (non-hydrogen) atoms. The Hall–Kier alpha value is -5.54. The zero-order chi connectivity index (χ0) is 33.6. The van der Waals surface area contributed by atoms with Crippen LogP contribution < -0.4 is 0 Å². The summed E-state index contributed by atoms with van der Waals surface area (Å²) < 4.78 is 2.65. The number of aryl methyl sites for hydroxylation is 2. The van der Waals surface area contributed by atoms with Gasteiger partial charge in [0.25, 0.3) is 0 Å². The van der Waals surface area contributed by atoms with Crippen molar-refractivity contribution >= 4 is 42.8 Å². The number of fused-ring (bicyclic) bond motifs is 3. The number of benzene rings is 7. The normalized spacial score (nSPS) is 11.4. The Balaban J connectivity index is 1.48. The highest BCUT2D eigenvalue weighted by Gasteiger charge is 2.26. The molecule has 2 heterocycles. The van der Waals surface area contributed by atoms with Gasteiger partial charge in [-0.3, -0.25) is 0 Å². The number of thiophene rings is 2. The van der Waals surface area contributed by atoms with Crippen LogP contribution in [0.3, 0.4) is 0 Å². The van der Waals surface area contributed by atoms with E-state index in [1.807, 2.05) is 22.7 Å². The fourth-order valence-corrected chi connectivity index (χ4v) is 9.89. The summed E-state index contributed by atoms with van der Waals surface area (Å²) in [5.41, 5.74) is 15.2. The quantitative estimate of drug-likeness (QED) is 0.165. The van der Waals surface area contributed by atoms with Crippen molar-refractivity contribution in [2.24, 2.45) is 0 Å². The Bertz CT molecular complexity index is 2470. The third kappa shape index (κ3) is 5.20. The fourth-order valence-electron chi connectivity index (χ4n) is 7.41. The summed E-state index contributed by atoms with van der Waals surface area (Å²) in [6.45, 7) is 4.45. The molecule has 2 heteroatoms. The molecule has 238 valence electrons. The van der Waals surface area contributed by atoms with Gasteiger partial charge in [0, 0.05) is 41.1 Å². The molecule has 0 bridgehead atoms. The second kappa shape index (κ2) is 12.7. The SMILES string of the molecule is Cc1ccccc1-c1ccccc1-c1c(-c2ccccc2-c2ccccc2C)c2sc(-c3ccccc3)cc2c2cc(-c3ccccc3)sc12. The molecular weight excluding hydrogens is 641 g/mol. The van der Waals surface area contributed by atoms with Gasteiger partial charge in [0.1, 0.15) is 0 Å². The summed E-state index contributed by atoms with van der Waals surface area (Å²) >= 11 is 3.84. The Morgan fingerprint density at radius 2 is 0.640 bits per heavy atom. The summed E-state index contributed by atoms with van der Waals surface area (Å²) in [6, 6.07) is 62.3. The van der Waals surface area contributed by atoms with Gasteiger partial charge >= 0.3 is 0 Å². The van der Waals surface area contributed by atoms with Crippen molar-refractivity contribution in [1.82, 2.24) is 0 Å². The van der Waals surface area contributed by atoms with Gasteiger partial charge in [-0.05, 0) is 81.6 Å². The minimum Gasteiger partial charge on any atom is -0.135 e. The summed E-state index contributed by atoms with van der Waals surface area (Å²) in [6.07, 6.45) is 0. The Morgan fingerprint density at radius 3 is 1.02 bits per heavy atom. The minimum atomic E-state index is 1.25. The Labute approximate surface area is 301 Å². The van der Waals surface area contributed by atoms with Gasteiger partial charge in [-0.25, -0.2) is 0 Å². The van der Waals surface area contributed by atoms with E-state index in [2.05, 4.69) is 184 Å². The highest BCUT2D eigenvalue weighted by molar-refractivity contribution is 7.25. The first-order valence-corrected chi connectivity index (χ1v) is 18.7. The zero-order valence-corrected chi connectivity index (χ0v) is 29.6. The van der Waals surface area contributed by atoms with E-state index >= 15 is 0 Å². The molecule has 0 N–H and O–H groups in total. The zero-order valence-electron chi connectivity index (χ0n) is 28.0. The monoisotopic (exact) mass is 674 g/mol. The highest BCUT2D eigenvalue weighted by Crippen LogP contribution is 2.55. The van der Waals surface area contributed by atoms with Crippen LogP contribution in [0.4, 0.5) is 0 Å². The van der Waals surface area contributed by atoms with Crippen LogP contribution in [0.1, 0.15) is 11.1 Å². The molecular formula is C48H34S2. The van der Waals surface area contributed by atoms with Crippen LogP contribution in [0, 0.1) is 13.8 Å². The molecule has 0 aliphatic rings. The summed E-state index contributed by atoms with van der Waals surface area (Å²) in [5.74, 6) is 0. The maximum atomic E-state index is 2.44. The molecule has 0 fully saturated rings. The lowest BCUT2D eigenvalue weighted by molar-refractivity contribution is 1.45. The van der Waals surface area contributed by atoms with Crippen molar-refractivity contribution in [3.63, 3.8) is 0 Å². The van der Waals surface area contributed by atoms with Crippen LogP contribution in [0.2, 0.25) is 0 Å². The van der Waals surface area contributed by atoms with E-state index in [1.54, 1.807) is 0 Å². The number of hydrogen-bond acceptors (Lipinski definition) is 2. The molecule has 7 aromatic carbocycles. The smallest absolute Gasteiger partial charge is 0.0441 e. The lowest BCUT2D eigenvalue weighted by atomic mass is 9.84.